The molecule has 3 aliphatic rings. The van der Waals surface area contributed by atoms with Crippen LogP contribution in [0.4, 0.5) is 0 Å². The Kier molecular flexibility index (Phi) is 3.33. The Bertz CT molecular complexity index is 654. The molecule has 1 aromatic heterocycles. The molecule has 1 aromatic rings. The van der Waals surface area contributed by atoms with Crippen LogP contribution in [0.3, 0.4) is 0 Å². The van der Waals surface area contributed by atoms with Gasteiger partial charge in [0, 0.05) is 23.4 Å². The number of aromatic nitrogens is 1. The van der Waals surface area contributed by atoms with Gasteiger partial charge in [0.25, 0.3) is 5.91 Å². The van der Waals surface area contributed by atoms with E-state index in [-0.39, 0.29) is 17.0 Å². The first kappa shape index (κ1) is 14.0. The normalized spacial score (nSPS) is 29.9. The van der Waals surface area contributed by atoms with Gasteiger partial charge in [-0.3, -0.25) is 9.59 Å². The molecule has 0 bridgehead atoms. The minimum atomic E-state index is -0.157. The molecular weight excluding hydrogens is 278 g/mol. The number of rotatable bonds is 2. The predicted octanol–water partition coefficient (Wildman–Crippen LogP) is 1.27. The van der Waals surface area contributed by atoms with E-state index in [4.69, 9.17) is 0 Å². The summed E-state index contributed by atoms with van der Waals surface area (Å²) in [5.41, 5.74) is 2.37. The number of carbonyl (C=O) groups is 1. The van der Waals surface area contributed by atoms with E-state index in [9.17, 15) is 9.59 Å². The molecule has 2 heterocycles. The van der Waals surface area contributed by atoms with Gasteiger partial charge in [-0.15, -0.1) is 0 Å². The lowest BCUT2D eigenvalue weighted by molar-refractivity contribution is 0.0896. The fourth-order valence-corrected chi connectivity index (χ4v) is 4.59. The van der Waals surface area contributed by atoms with Crippen molar-refractivity contribution in [1.82, 2.24) is 15.6 Å². The van der Waals surface area contributed by atoms with Gasteiger partial charge in [-0.25, -0.2) is 0 Å². The highest BCUT2D eigenvalue weighted by Gasteiger charge is 2.47. The summed E-state index contributed by atoms with van der Waals surface area (Å²) < 4.78 is 0. The van der Waals surface area contributed by atoms with E-state index in [1.165, 1.54) is 6.07 Å². The van der Waals surface area contributed by atoms with Gasteiger partial charge in [-0.2, -0.15) is 0 Å². The summed E-state index contributed by atoms with van der Waals surface area (Å²) in [4.78, 5) is 27.7. The highest BCUT2D eigenvalue weighted by atomic mass is 16.2. The molecule has 2 aliphatic carbocycles. The van der Waals surface area contributed by atoms with Crippen LogP contribution in [0.25, 0.3) is 0 Å². The standard InChI is InChI=1S/C17H23N3O2/c21-15-10-12(11-4-1-2-5-13(11)19-15)16(22)20-17-7-3-6-14(17)18-9-8-17/h10,14,18H,1-9H2,(H,19,21)(H,20,22). The average Bonchev–Trinajstić information content (AvgIpc) is 3.05. The van der Waals surface area contributed by atoms with Gasteiger partial charge in [0.1, 0.15) is 0 Å². The van der Waals surface area contributed by atoms with Gasteiger partial charge in [-0.05, 0) is 63.5 Å². The number of amides is 1. The molecule has 1 saturated carbocycles. The van der Waals surface area contributed by atoms with E-state index < -0.39 is 0 Å². The zero-order chi connectivity index (χ0) is 15.2. The van der Waals surface area contributed by atoms with Crippen LogP contribution in [0.5, 0.6) is 0 Å². The molecule has 1 aliphatic heterocycles. The fraction of sp³-hybridized carbons (Fsp3) is 0.647. The average molecular weight is 301 g/mol. The van der Waals surface area contributed by atoms with Gasteiger partial charge < -0.3 is 15.6 Å². The van der Waals surface area contributed by atoms with Gasteiger partial charge in [0.2, 0.25) is 5.56 Å². The third kappa shape index (κ3) is 2.19. The highest BCUT2D eigenvalue weighted by Crippen LogP contribution is 2.37. The van der Waals surface area contributed by atoms with Crippen molar-refractivity contribution in [3.8, 4) is 0 Å². The first-order valence-electron chi connectivity index (χ1n) is 8.49. The smallest absolute Gasteiger partial charge is 0.252 e. The second-order valence-electron chi connectivity index (χ2n) is 6.97. The molecule has 5 nitrogen and oxygen atoms in total. The first-order valence-corrected chi connectivity index (χ1v) is 8.49. The molecule has 5 heteroatoms. The Morgan fingerprint density at radius 2 is 2.09 bits per heavy atom. The summed E-state index contributed by atoms with van der Waals surface area (Å²) in [5.74, 6) is -0.0557. The molecule has 0 radical (unpaired) electrons. The highest BCUT2D eigenvalue weighted by molar-refractivity contribution is 5.96. The Labute approximate surface area is 129 Å². The molecule has 22 heavy (non-hydrogen) atoms. The van der Waals surface area contributed by atoms with E-state index >= 15 is 0 Å². The fourth-order valence-electron chi connectivity index (χ4n) is 4.59. The quantitative estimate of drug-likeness (QED) is 0.770. The number of hydrogen-bond acceptors (Lipinski definition) is 3. The SMILES string of the molecule is O=C(NC12CCCC1NCC2)c1cc(=O)[nH]c2c1CCCC2. The summed E-state index contributed by atoms with van der Waals surface area (Å²) in [6.07, 6.45) is 8.28. The van der Waals surface area contributed by atoms with E-state index in [2.05, 4.69) is 15.6 Å². The Morgan fingerprint density at radius 3 is 3.00 bits per heavy atom. The van der Waals surface area contributed by atoms with Crippen LogP contribution in [0, 0.1) is 0 Å². The summed E-state index contributed by atoms with van der Waals surface area (Å²) in [6, 6.07) is 1.89. The Balaban J connectivity index is 1.66. The van der Waals surface area contributed by atoms with Crippen LogP contribution in [0.1, 0.15) is 60.1 Å². The Hall–Kier alpha value is -1.62. The van der Waals surface area contributed by atoms with E-state index in [1.807, 2.05) is 0 Å². The lowest BCUT2D eigenvalue weighted by Gasteiger charge is -2.31. The molecule has 4 rings (SSSR count). The van der Waals surface area contributed by atoms with E-state index in [0.717, 1.165) is 69.2 Å². The summed E-state index contributed by atoms with van der Waals surface area (Å²) >= 11 is 0. The largest absolute Gasteiger partial charge is 0.345 e. The lowest BCUT2D eigenvalue weighted by Crippen LogP contribution is -2.53. The number of aryl methyl sites for hydroxylation is 1. The van der Waals surface area contributed by atoms with E-state index in [0.29, 0.717) is 11.6 Å². The maximum atomic E-state index is 12.9. The van der Waals surface area contributed by atoms with Crippen LogP contribution in [-0.2, 0) is 12.8 Å². The number of carbonyl (C=O) groups excluding carboxylic acids is 1. The van der Waals surface area contributed by atoms with Crippen molar-refractivity contribution in [2.45, 2.75) is 62.9 Å². The number of aromatic amines is 1. The molecule has 0 aromatic carbocycles. The first-order chi connectivity index (χ1) is 10.7. The van der Waals surface area contributed by atoms with Crippen molar-refractivity contribution in [1.29, 1.82) is 0 Å². The molecule has 1 saturated heterocycles. The molecule has 2 atom stereocenters. The zero-order valence-corrected chi connectivity index (χ0v) is 12.8. The second kappa shape index (κ2) is 5.23. The van der Waals surface area contributed by atoms with Crippen LogP contribution < -0.4 is 16.2 Å². The number of hydrogen-bond donors (Lipinski definition) is 3. The Morgan fingerprint density at radius 1 is 1.23 bits per heavy atom. The van der Waals surface area contributed by atoms with E-state index in [1.54, 1.807) is 0 Å². The van der Waals surface area contributed by atoms with Gasteiger partial charge in [0.05, 0.1) is 5.54 Å². The minimum Gasteiger partial charge on any atom is -0.345 e. The molecule has 1 amide bonds. The number of nitrogens with one attached hydrogen (secondary N) is 3. The van der Waals surface area contributed by atoms with Crippen LogP contribution in [0.2, 0.25) is 0 Å². The topological polar surface area (TPSA) is 74.0 Å². The summed E-state index contributed by atoms with van der Waals surface area (Å²) in [7, 11) is 0. The van der Waals surface area contributed by atoms with Crippen LogP contribution in [-0.4, -0.2) is 29.0 Å². The maximum absolute atomic E-state index is 12.9. The minimum absolute atomic E-state index is 0.0557. The number of pyridine rings is 1. The third-order valence-corrected chi connectivity index (χ3v) is 5.69. The van der Waals surface area contributed by atoms with Gasteiger partial charge in [-0.1, -0.05) is 0 Å². The van der Waals surface area contributed by atoms with Crippen LogP contribution in [0.15, 0.2) is 10.9 Å². The van der Waals surface area contributed by atoms with Crippen molar-refractivity contribution < 1.29 is 4.79 Å². The van der Waals surface area contributed by atoms with Crippen molar-refractivity contribution in [2.24, 2.45) is 0 Å². The molecule has 2 unspecified atom stereocenters. The maximum Gasteiger partial charge on any atom is 0.252 e. The number of H-pyrrole nitrogens is 1. The molecule has 118 valence electrons. The van der Waals surface area contributed by atoms with Crippen molar-refractivity contribution >= 4 is 5.91 Å². The molecule has 3 N–H and O–H groups in total. The zero-order valence-electron chi connectivity index (χ0n) is 12.8. The molecule has 0 spiro atoms. The molecule has 2 fully saturated rings. The van der Waals surface area contributed by atoms with Crippen molar-refractivity contribution in [2.75, 3.05) is 6.54 Å². The predicted molar refractivity (Wildman–Crippen MR) is 84.2 cm³/mol. The van der Waals surface area contributed by atoms with Crippen LogP contribution >= 0.6 is 0 Å². The van der Waals surface area contributed by atoms with Crippen molar-refractivity contribution in [3.63, 3.8) is 0 Å². The summed E-state index contributed by atoms with van der Waals surface area (Å²) in [5, 5.41) is 6.80. The number of fused-ring (bicyclic) bond motifs is 2. The summed E-state index contributed by atoms with van der Waals surface area (Å²) in [6.45, 7) is 0.971. The molecular formula is C17H23N3O2. The van der Waals surface area contributed by atoms with Crippen molar-refractivity contribution in [3.05, 3.63) is 33.2 Å². The van der Waals surface area contributed by atoms with Gasteiger partial charge in [0.15, 0.2) is 0 Å². The monoisotopic (exact) mass is 301 g/mol. The lowest BCUT2D eigenvalue weighted by atomic mass is 9.89. The van der Waals surface area contributed by atoms with Gasteiger partial charge >= 0.3 is 0 Å². The third-order valence-electron chi connectivity index (χ3n) is 5.69. The second-order valence-corrected chi connectivity index (χ2v) is 6.97.